The van der Waals surface area contributed by atoms with E-state index in [1.165, 1.54) is 31.7 Å². The molecule has 2 bridgehead atoms. The summed E-state index contributed by atoms with van der Waals surface area (Å²) in [5, 5.41) is 9.57. The van der Waals surface area contributed by atoms with Gasteiger partial charge in [-0.05, 0) is 79.4 Å². The molecule has 4 aromatic rings. The van der Waals surface area contributed by atoms with Crippen LogP contribution in [0.2, 0.25) is 5.15 Å². The van der Waals surface area contributed by atoms with E-state index in [4.69, 9.17) is 21.6 Å². The lowest BCUT2D eigenvalue weighted by Gasteiger charge is -2.47. The first-order valence-electron chi connectivity index (χ1n) is 11.2. The summed E-state index contributed by atoms with van der Waals surface area (Å²) in [7, 11) is 0. The lowest BCUT2D eigenvalue weighted by atomic mass is 9.58. The number of nitrogens with zero attached hydrogens (tertiary/aromatic N) is 4. The second kappa shape index (κ2) is 7.89. The van der Waals surface area contributed by atoms with Crippen molar-refractivity contribution < 1.29 is 4.39 Å². The maximum Gasteiger partial charge on any atom is 0.183 e. The molecule has 0 radical (unpaired) electrons. The molecule has 3 fully saturated rings. The Morgan fingerprint density at radius 3 is 2.69 bits per heavy atom. The van der Waals surface area contributed by atoms with Gasteiger partial charge in [-0.25, -0.2) is 19.3 Å². The summed E-state index contributed by atoms with van der Waals surface area (Å²) in [6, 6.07) is 7.57. The van der Waals surface area contributed by atoms with Crippen LogP contribution in [-0.4, -0.2) is 25.1 Å². The number of H-pyrrole nitrogens is 1. The third-order valence-corrected chi connectivity index (χ3v) is 8.68. The topological polar surface area (TPSA) is 67.3 Å². The zero-order valence-corrected chi connectivity index (χ0v) is 19.3. The third kappa shape index (κ3) is 3.42. The van der Waals surface area contributed by atoms with Gasteiger partial charge in [0.1, 0.15) is 5.69 Å². The second-order valence-corrected chi connectivity index (χ2v) is 10.5. The van der Waals surface area contributed by atoms with Crippen molar-refractivity contribution in [1.29, 1.82) is 0 Å². The van der Waals surface area contributed by atoms with E-state index in [2.05, 4.69) is 34.2 Å². The van der Waals surface area contributed by atoms with Crippen LogP contribution >= 0.6 is 22.9 Å². The maximum absolute atomic E-state index is 14.2. The van der Waals surface area contributed by atoms with Gasteiger partial charge >= 0.3 is 0 Å². The Labute approximate surface area is 194 Å². The molecule has 0 saturated heterocycles. The molecule has 0 amide bonds. The Kier molecular flexibility index (Phi) is 4.99. The molecule has 3 aliphatic rings. The highest BCUT2D eigenvalue weighted by molar-refractivity contribution is 7.13. The Balaban J connectivity index is 1.45. The zero-order valence-electron chi connectivity index (χ0n) is 17.7. The van der Waals surface area contributed by atoms with E-state index >= 15 is 0 Å². The second-order valence-electron chi connectivity index (χ2n) is 9.18. The van der Waals surface area contributed by atoms with E-state index in [1.54, 1.807) is 11.3 Å². The SMILES string of the molecule is CC1C2CCC(CC2)C1Cc1cc(-c2cccs2)nc(-c2[nH]nc3nc(Cl)c(F)cc23)n1. The van der Waals surface area contributed by atoms with Crippen molar-refractivity contribution >= 4 is 34.0 Å². The fourth-order valence-corrected chi connectivity index (χ4v) is 6.62. The van der Waals surface area contributed by atoms with Gasteiger partial charge < -0.3 is 0 Å². The van der Waals surface area contributed by atoms with Gasteiger partial charge in [0.25, 0.3) is 0 Å². The largest absolute Gasteiger partial charge is 0.272 e. The van der Waals surface area contributed by atoms with Crippen LogP contribution in [0, 0.1) is 29.5 Å². The van der Waals surface area contributed by atoms with Gasteiger partial charge in [-0.3, -0.25) is 5.10 Å². The first kappa shape index (κ1) is 20.2. The number of aromatic amines is 1. The number of halogens is 2. The van der Waals surface area contributed by atoms with E-state index in [9.17, 15) is 4.39 Å². The summed E-state index contributed by atoms with van der Waals surface area (Å²) >= 11 is 7.50. The number of aromatic nitrogens is 5. The lowest BCUT2D eigenvalue weighted by Crippen LogP contribution is -2.39. The Hall–Kier alpha value is -2.38. The van der Waals surface area contributed by atoms with Gasteiger partial charge in [-0.15, -0.1) is 11.3 Å². The number of hydrogen-bond donors (Lipinski definition) is 1. The number of rotatable bonds is 4. The van der Waals surface area contributed by atoms with E-state index in [0.29, 0.717) is 28.5 Å². The van der Waals surface area contributed by atoms with E-state index < -0.39 is 5.82 Å². The monoisotopic (exact) mass is 467 g/mol. The van der Waals surface area contributed by atoms with Crippen molar-refractivity contribution in [2.45, 2.75) is 39.0 Å². The van der Waals surface area contributed by atoms with E-state index in [1.807, 2.05) is 11.4 Å². The van der Waals surface area contributed by atoms with Gasteiger partial charge in [0.15, 0.2) is 22.4 Å². The molecule has 4 heterocycles. The smallest absolute Gasteiger partial charge is 0.183 e. The fourth-order valence-electron chi connectivity index (χ4n) is 5.80. The van der Waals surface area contributed by atoms with Crippen molar-refractivity contribution in [1.82, 2.24) is 25.1 Å². The Morgan fingerprint density at radius 1 is 1.12 bits per heavy atom. The molecular weight excluding hydrogens is 445 g/mol. The number of nitrogens with one attached hydrogen (secondary N) is 1. The predicted molar refractivity (Wildman–Crippen MR) is 125 cm³/mol. The molecule has 164 valence electrons. The third-order valence-electron chi connectivity index (χ3n) is 7.52. The summed E-state index contributed by atoms with van der Waals surface area (Å²) in [5.41, 5.74) is 2.85. The Morgan fingerprint density at radius 2 is 1.94 bits per heavy atom. The van der Waals surface area contributed by atoms with Crippen molar-refractivity contribution in [2.24, 2.45) is 23.7 Å². The highest BCUT2D eigenvalue weighted by atomic mass is 35.5. The van der Waals surface area contributed by atoms with Crippen LogP contribution in [-0.2, 0) is 6.42 Å². The van der Waals surface area contributed by atoms with Crippen LogP contribution in [0.5, 0.6) is 0 Å². The van der Waals surface area contributed by atoms with Crippen LogP contribution in [0.25, 0.3) is 33.1 Å². The first-order valence-corrected chi connectivity index (χ1v) is 12.4. The maximum atomic E-state index is 14.2. The van der Waals surface area contributed by atoms with Crippen LogP contribution < -0.4 is 0 Å². The summed E-state index contributed by atoms with van der Waals surface area (Å²) < 4.78 is 14.2. The molecule has 0 spiro atoms. The quantitative estimate of drug-likeness (QED) is 0.345. The minimum Gasteiger partial charge on any atom is -0.272 e. The first-order chi connectivity index (χ1) is 15.6. The molecule has 0 aliphatic heterocycles. The minimum atomic E-state index is -0.580. The lowest BCUT2D eigenvalue weighted by molar-refractivity contribution is 0.0339. The van der Waals surface area contributed by atoms with Crippen molar-refractivity contribution in [3.8, 4) is 22.1 Å². The average molecular weight is 468 g/mol. The predicted octanol–water partition coefficient (Wildman–Crippen LogP) is 6.55. The molecule has 2 atom stereocenters. The van der Waals surface area contributed by atoms with Crippen LogP contribution in [0.3, 0.4) is 0 Å². The molecule has 0 aromatic carbocycles. The normalized spacial score (nSPS) is 25.0. The standard InChI is InChI=1S/C24H23ClFN5S/c1-12-13-4-6-14(7-5-13)16(12)9-15-10-19(20-3-2-8-32-20)28-24(27-15)21-17-11-18(26)22(25)29-23(17)31-30-21/h2-3,8,10-14,16H,4-7,9H2,1H3,(H,29,30,31). The molecule has 32 heavy (non-hydrogen) atoms. The summed E-state index contributed by atoms with van der Waals surface area (Å²) in [6.07, 6.45) is 6.37. The van der Waals surface area contributed by atoms with Gasteiger partial charge in [0.2, 0.25) is 0 Å². The van der Waals surface area contributed by atoms with Crippen molar-refractivity contribution in [2.75, 3.05) is 0 Å². The summed E-state index contributed by atoms with van der Waals surface area (Å²) in [5.74, 6) is 2.94. The summed E-state index contributed by atoms with van der Waals surface area (Å²) in [6.45, 7) is 2.42. The number of fused-ring (bicyclic) bond motifs is 4. The summed E-state index contributed by atoms with van der Waals surface area (Å²) in [4.78, 5) is 14.9. The van der Waals surface area contributed by atoms with Gasteiger partial charge in [0.05, 0.1) is 16.0 Å². The van der Waals surface area contributed by atoms with Crippen molar-refractivity contribution in [3.63, 3.8) is 0 Å². The number of hydrogen-bond acceptors (Lipinski definition) is 5. The molecule has 8 heteroatoms. The molecule has 2 unspecified atom stereocenters. The van der Waals surface area contributed by atoms with Crippen LogP contribution in [0.4, 0.5) is 4.39 Å². The molecule has 7 rings (SSSR count). The fraction of sp³-hybridized carbons (Fsp3) is 0.417. The number of pyridine rings is 1. The van der Waals surface area contributed by atoms with Crippen LogP contribution in [0.1, 0.15) is 38.3 Å². The van der Waals surface area contributed by atoms with Gasteiger partial charge in [-0.2, -0.15) is 5.10 Å². The molecule has 4 aromatic heterocycles. The van der Waals surface area contributed by atoms with E-state index in [-0.39, 0.29) is 5.15 Å². The molecule has 3 aliphatic carbocycles. The zero-order chi connectivity index (χ0) is 21.8. The van der Waals surface area contributed by atoms with E-state index in [0.717, 1.165) is 40.4 Å². The Bertz CT molecular complexity index is 1280. The highest BCUT2D eigenvalue weighted by Crippen LogP contribution is 2.49. The van der Waals surface area contributed by atoms with Gasteiger partial charge in [-0.1, -0.05) is 24.6 Å². The number of thiophene rings is 1. The molecule has 5 nitrogen and oxygen atoms in total. The highest BCUT2D eigenvalue weighted by Gasteiger charge is 2.41. The van der Waals surface area contributed by atoms with Crippen molar-refractivity contribution in [3.05, 3.63) is 46.3 Å². The average Bonchev–Trinajstić information content (AvgIpc) is 3.47. The minimum absolute atomic E-state index is 0.189. The van der Waals surface area contributed by atoms with Gasteiger partial charge in [0, 0.05) is 5.69 Å². The molecular formula is C24H23ClFN5S. The molecule has 3 saturated carbocycles. The van der Waals surface area contributed by atoms with Crippen LogP contribution in [0.15, 0.2) is 29.6 Å². The molecule has 1 N–H and O–H groups in total.